The largest absolute Gasteiger partial charge is 0.505 e. The third-order valence-electron chi connectivity index (χ3n) is 2.20. The van der Waals surface area contributed by atoms with Gasteiger partial charge in [0, 0.05) is 5.56 Å². The van der Waals surface area contributed by atoms with Crippen LogP contribution < -0.4 is 5.73 Å². The molecule has 1 rings (SSSR count). The van der Waals surface area contributed by atoms with Crippen molar-refractivity contribution in [2.75, 3.05) is 0 Å². The molecule has 0 saturated heterocycles. The summed E-state index contributed by atoms with van der Waals surface area (Å²) in [6.45, 7) is 0. The Labute approximate surface area is 106 Å². The normalized spacial score (nSPS) is 14.6. The van der Waals surface area contributed by atoms with E-state index in [1.54, 1.807) is 0 Å². The summed E-state index contributed by atoms with van der Waals surface area (Å²) in [5, 5.41) is 7.95. The molecule has 0 radical (unpaired) electrons. The minimum Gasteiger partial charge on any atom is -0.505 e. The molecule has 10 heteroatoms. The molecule has 108 valence electrons. The number of benzene rings is 1. The molecule has 0 unspecified atom stereocenters. The molecular weight excluding hydrogens is 307 g/mol. The number of aromatic hydroxyl groups is 1. The minimum absolute atomic E-state index is 0.0580. The summed E-state index contributed by atoms with van der Waals surface area (Å²) >= 11 is 5.06. The predicted octanol–water partition coefficient (Wildman–Crippen LogP) is 3.77. The Morgan fingerprint density at radius 1 is 1.16 bits per heavy atom. The lowest BCUT2D eigenvalue weighted by Crippen LogP contribution is -2.31. The van der Waals surface area contributed by atoms with E-state index in [9.17, 15) is 30.7 Å². The second-order valence-electron chi connectivity index (χ2n) is 3.50. The monoisotopic (exact) mass is 311 g/mol. The smallest absolute Gasteiger partial charge is 0.416 e. The van der Waals surface area contributed by atoms with Crippen LogP contribution in [0, 0.1) is 5.82 Å². The first-order valence-electron chi connectivity index (χ1n) is 4.47. The molecule has 1 aromatic carbocycles. The molecule has 0 aliphatic rings. The van der Waals surface area contributed by atoms with Gasteiger partial charge in [-0.3, -0.25) is 0 Å². The maximum atomic E-state index is 13.1. The van der Waals surface area contributed by atoms with E-state index in [0.717, 1.165) is 0 Å². The van der Waals surface area contributed by atoms with Gasteiger partial charge in [-0.1, -0.05) is 11.6 Å². The molecule has 1 aromatic rings. The van der Waals surface area contributed by atoms with E-state index < -0.39 is 46.1 Å². The summed E-state index contributed by atoms with van der Waals surface area (Å²) in [7, 11) is 0. The highest BCUT2D eigenvalue weighted by atomic mass is 35.5. The zero-order valence-electron chi connectivity index (χ0n) is 8.70. The van der Waals surface area contributed by atoms with Crippen molar-refractivity contribution in [2.24, 2.45) is 5.73 Å². The van der Waals surface area contributed by atoms with E-state index in [-0.39, 0.29) is 6.07 Å². The summed E-state index contributed by atoms with van der Waals surface area (Å²) < 4.78 is 87.9. The molecule has 3 N–H and O–H groups in total. The van der Waals surface area contributed by atoms with Gasteiger partial charge in [-0.05, 0) is 6.07 Å². The highest BCUT2D eigenvalue weighted by molar-refractivity contribution is 6.31. The second-order valence-corrected chi connectivity index (χ2v) is 3.91. The summed E-state index contributed by atoms with van der Waals surface area (Å²) in [5.41, 5.74) is 0.847. The van der Waals surface area contributed by atoms with Gasteiger partial charge in [0.15, 0.2) is 11.6 Å². The number of hydrogen-bond acceptors (Lipinski definition) is 2. The van der Waals surface area contributed by atoms with Crippen molar-refractivity contribution >= 4 is 11.6 Å². The van der Waals surface area contributed by atoms with Crippen LogP contribution in [0.2, 0.25) is 5.02 Å². The number of nitrogens with two attached hydrogens (primary N) is 1. The molecule has 0 amide bonds. The van der Waals surface area contributed by atoms with Crippen LogP contribution in [0.1, 0.15) is 17.2 Å². The van der Waals surface area contributed by atoms with Crippen molar-refractivity contribution in [1.82, 2.24) is 0 Å². The summed E-state index contributed by atoms with van der Waals surface area (Å²) in [4.78, 5) is 0. The average molecular weight is 312 g/mol. The van der Waals surface area contributed by atoms with Gasteiger partial charge in [0.25, 0.3) is 0 Å². The lowest BCUT2D eigenvalue weighted by Gasteiger charge is -2.22. The van der Waals surface area contributed by atoms with Crippen molar-refractivity contribution in [1.29, 1.82) is 0 Å². The van der Waals surface area contributed by atoms with Crippen LogP contribution in [0.15, 0.2) is 6.07 Å². The Bertz CT molecular complexity index is 497. The van der Waals surface area contributed by atoms with Crippen LogP contribution in [-0.2, 0) is 6.18 Å². The summed E-state index contributed by atoms with van der Waals surface area (Å²) in [6, 6.07) is -3.26. The van der Waals surface area contributed by atoms with Crippen molar-refractivity contribution in [3.05, 3.63) is 28.0 Å². The molecule has 0 fully saturated rings. The summed E-state index contributed by atoms with van der Waals surface area (Å²) in [5.74, 6) is -3.67. The van der Waals surface area contributed by atoms with Gasteiger partial charge >= 0.3 is 12.4 Å². The lowest BCUT2D eigenvalue weighted by atomic mass is 9.98. The fourth-order valence-electron chi connectivity index (χ4n) is 1.34. The predicted molar refractivity (Wildman–Crippen MR) is 51.1 cm³/mol. The van der Waals surface area contributed by atoms with Crippen LogP contribution in [0.4, 0.5) is 30.7 Å². The first-order chi connectivity index (χ1) is 8.37. The first-order valence-corrected chi connectivity index (χ1v) is 4.85. The fraction of sp³-hybridized carbons (Fsp3) is 0.333. The fourth-order valence-corrected chi connectivity index (χ4v) is 1.54. The number of alkyl halides is 6. The van der Waals surface area contributed by atoms with Crippen LogP contribution in [0.3, 0.4) is 0 Å². The molecular formula is C9H5ClF7NO. The van der Waals surface area contributed by atoms with Gasteiger partial charge in [0.05, 0.1) is 10.6 Å². The van der Waals surface area contributed by atoms with E-state index in [4.69, 9.17) is 16.7 Å². The molecule has 0 heterocycles. The lowest BCUT2D eigenvalue weighted by molar-refractivity contribution is -0.156. The number of phenols is 1. The maximum absolute atomic E-state index is 13.1. The molecule has 0 aliphatic carbocycles. The number of halogens is 8. The average Bonchev–Trinajstić information content (AvgIpc) is 2.22. The van der Waals surface area contributed by atoms with Crippen LogP contribution >= 0.6 is 11.6 Å². The van der Waals surface area contributed by atoms with Gasteiger partial charge in [-0.2, -0.15) is 26.3 Å². The molecule has 0 aliphatic heterocycles. The topological polar surface area (TPSA) is 46.2 Å². The Morgan fingerprint density at radius 3 is 2.00 bits per heavy atom. The van der Waals surface area contributed by atoms with Gasteiger partial charge in [-0.15, -0.1) is 0 Å². The van der Waals surface area contributed by atoms with E-state index in [0.29, 0.717) is 0 Å². The van der Waals surface area contributed by atoms with E-state index in [1.165, 1.54) is 0 Å². The second kappa shape index (κ2) is 4.71. The zero-order valence-corrected chi connectivity index (χ0v) is 9.46. The standard InChI is InChI=1S/C9H5ClF7NO/c10-3-1-2(8(12,13)14)4(6(19)5(3)11)7(18)9(15,16)17/h1,7,19H,18H2/t7-/m0/s1. The van der Waals surface area contributed by atoms with Crippen LogP contribution in [-0.4, -0.2) is 11.3 Å². The third-order valence-corrected chi connectivity index (χ3v) is 2.48. The molecule has 1 atom stereocenters. The summed E-state index contributed by atoms with van der Waals surface area (Å²) in [6.07, 6.45) is -10.6. The Balaban J connectivity index is 3.65. The molecule has 0 aromatic heterocycles. The quantitative estimate of drug-likeness (QED) is 0.776. The Hall–Kier alpha value is -1.22. The minimum atomic E-state index is -5.29. The van der Waals surface area contributed by atoms with Crippen molar-refractivity contribution < 1.29 is 35.8 Å². The van der Waals surface area contributed by atoms with Gasteiger partial charge in [-0.25, -0.2) is 4.39 Å². The number of rotatable bonds is 1. The molecule has 0 bridgehead atoms. The first kappa shape index (κ1) is 15.8. The van der Waals surface area contributed by atoms with Gasteiger partial charge < -0.3 is 10.8 Å². The van der Waals surface area contributed by atoms with Crippen molar-refractivity contribution in [3.8, 4) is 5.75 Å². The molecule has 0 saturated carbocycles. The van der Waals surface area contributed by atoms with E-state index in [1.807, 2.05) is 0 Å². The van der Waals surface area contributed by atoms with Gasteiger partial charge in [0.2, 0.25) is 0 Å². The Kier molecular flexibility index (Phi) is 3.93. The van der Waals surface area contributed by atoms with Gasteiger partial charge in [0.1, 0.15) is 6.04 Å². The van der Waals surface area contributed by atoms with E-state index in [2.05, 4.69) is 5.73 Å². The Morgan fingerprint density at radius 2 is 1.63 bits per heavy atom. The van der Waals surface area contributed by atoms with Crippen molar-refractivity contribution in [2.45, 2.75) is 18.4 Å². The third kappa shape index (κ3) is 3.03. The van der Waals surface area contributed by atoms with E-state index >= 15 is 0 Å². The SMILES string of the molecule is N[C@@H](c1c(C(F)(F)F)cc(Cl)c(F)c1O)C(F)(F)F. The highest BCUT2D eigenvalue weighted by Gasteiger charge is 2.46. The number of hydrogen-bond donors (Lipinski definition) is 2. The molecule has 0 spiro atoms. The van der Waals surface area contributed by atoms with Crippen molar-refractivity contribution in [3.63, 3.8) is 0 Å². The number of phenolic OH excluding ortho intramolecular Hbond substituents is 1. The molecule has 19 heavy (non-hydrogen) atoms. The van der Waals surface area contributed by atoms with Crippen LogP contribution in [0.5, 0.6) is 5.75 Å². The van der Waals surface area contributed by atoms with Crippen LogP contribution in [0.25, 0.3) is 0 Å². The molecule has 2 nitrogen and oxygen atoms in total. The maximum Gasteiger partial charge on any atom is 0.416 e. The zero-order chi connectivity index (χ0) is 15.2. The highest BCUT2D eigenvalue weighted by Crippen LogP contribution is 2.45.